The van der Waals surface area contributed by atoms with Crippen molar-refractivity contribution >= 4 is 53.5 Å². The molecule has 1 aromatic rings. The molecule has 0 spiro atoms. The molecule has 276 valence electrons. The highest BCUT2D eigenvalue weighted by Crippen LogP contribution is 2.39. The van der Waals surface area contributed by atoms with Gasteiger partial charge in [0.05, 0.1) is 0 Å². The highest BCUT2D eigenvalue weighted by Gasteiger charge is 2.57. The number of carbonyl (C=O) groups excluding carboxylic acids is 7. The summed E-state index contributed by atoms with van der Waals surface area (Å²) < 4.78 is 56.8. The van der Waals surface area contributed by atoms with Gasteiger partial charge in [0.15, 0.2) is 36.8 Å². The van der Waals surface area contributed by atoms with Gasteiger partial charge in [-0.15, -0.1) is 0 Å². The van der Waals surface area contributed by atoms with Gasteiger partial charge >= 0.3 is 41.8 Å². The molecule has 18 heteroatoms. The monoisotopic (exact) mass is 728 g/mol. The second-order valence-electron chi connectivity index (χ2n) is 11.1. The van der Waals surface area contributed by atoms with E-state index >= 15 is 0 Å². The van der Waals surface area contributed by atoms with Gasteiger partial charge in [0.25, 0.3) is 0 Å². The maximum Gasteiger partial charge on any atom is 0.303 e. The van der Waals surface area contributed by atoms with E-state index in [9.17, 15) is 33.6 Å². The lowest BCUT2D eigenvalue weighted by atomic mass is 9.96. The first kappa shape index (κ1) is 40.2. The van der Waals surface area contributed by atoms with E-state index in [-0.39, 0.29) is 0 Å². The third kappa shape index (κ3) is 12.0. The number of rotatable bonds is 13. The van der Waals surface area contributed by atoms with Gasteiger partial charge in [-0.1, -0.05) is 30.0 Å². The SMILES string of the molecule is CC(=O)OC[C@H]1O[C@H](O[C@H]2[C@H](OC(C)=O)[C@@H](OC(C)=O)[C@H](Sc3ccccc3)O[C@@H]2COC(C)=O)[C@H](OC(C)=O)[C@@H](OC(C)=O)[C@H]1OC(C)=O. The molecular formula is C32H40O17S. The number of benzene rings is 1. The maximum absolute atomic E-state index is 12.5. The van der Waals surface area contributed by atoms with Gasteiger partial charge < -0.3 is 47.4 Å². The topological polar surface area (TPSA) is 212 Å². The van der Waals surface area contributed by atoms with E-state index in [4.69, 9.17) is 47.4 Å². The molecule has 3 rings (SSSR count). The average Bonchev–Trinajstić information content (AvgIpc) is 3.00. The summed E-state index contributed by atoms with van der Waals surface area (Å²) in [7, 11) is 0. The van der Waals surface area contributed by atoms with Crippen LogP contribution in [0.5, 0.6) is 0 Å². The van der Waals surface area contributed by atoms with E-state index in [0.29, 0.717) is 4.90 Å². The molecule has 0 aromatic heterocycles. The number of thioether (sulfide) groups is 1. The molecule has 0 bridgehead atoms. The van der Waals surface area contributed by atoms with Crippen LogP contribution in [0.15, 0.2) is 35.2 Å². The molecule has 1 aromatic carbocycles. The van der Waals surface area contributed by atoms with Crippen molar-refractivity contribution in [2.75, 3.05) is 13.2 Å². The fourth-order valence-electron chi connectivity index (χ4n) is 5.20. The number of hydrogen-bond acceptors (Lipinski definition) is 18. The molecule has 10 atom stereocenters. The number of carbonyl (C=O) groups is 7. The molecule has 0 radical (unpaired) electrons. The van der Waals surface area contributed by atoms with E-state index in [0.717, 1.165) is 60.2 Å². The van der Waals surface area contributed by atoms with Crippen LogP contribution in [-0.4, -0.2) is 116 Å². The largest absolute Gasteiger partial charge is 0.463 e. The predicted octanol–water partition coefficient (Wildman–Crippen LogP) is 1.40. The summed E-state index contributed by atoms with van der Waals surface area (Å²) in [4.78, 5) is 86.2. The Balaban J connectivity index is 2.16. The second-order valence-corrected chi connectivity index (χ2v) is 12.3. The predicted molar refractivity (Wildman–Crippen MR) is 166 cm³/mol. The Labute approximate surface area is 291 Å². The van der Waals surface area contributed by atoms with Crippen LogP contribution < -0.4 is 0 Å². The first-order chi connectivity index (χ1) is 23.5. The van der Waals surface area contributed by atoms with Crippen molar-refractivity contribution in [3.8, 4) is 0 Å². The Morgan fingerprint density at radius 1 is 0.520 bits per heavy atom. The Bertz CT molecular complexity index is 1390. The Kier molecular flexibility index (Phi) is 15.0. The normalized spacial score (nSPS) is 29.0. The van der Waals surface area contributed by atoms with Crippen LogP contribution >= 0.6 is 11.8 Å². The highest BCUT2D eigenvalue weighted by molar-refractivity contribution is 7.99. The van der Waals surface area contributed by atoms with Crippen LogP contribution in [0.4, 0.5) is 0 Å². The summed E-state index contributed by atoms with van der Waals surface area (Å²) in [5.74, 6) is -5.63. The van der Waals surface area contributed by atoms with Gasteiger partial charge in [-0.05, 0) is 12.1 Å². The molecule has 2 aliphatic rings. The molecular weight excluding hydrogens is 688 g/mol. The zero-order chi connectivity index (χ0) is 37.1. The standard InChI is InChI=1S/C32H40O17S/c1-15(33)40-13-23-25(42-17(3)35)27(43-18(4)36)29(45-20(6)38)31(47-23)49-26-24(14-41-16(2)34)48-32(50-22-11-9-8-10-12-22)30(46-21(7)39)28(26)44-19(5)37/h8-12,23-32H,13-14H2,1-7H3/t23-,24-,25+,26-,27+,28+,29-,30-,31-,32+/m1/s1. The smallest absolute Gasteiger partial charge is 0.303 e. The van der Waals surface area contributed by atoms with Gasteiger partial charge in [0.2, 0.25) is 0 Å². The maximum atomic E-state index is 12.5. The first-order valence-electron chi connectivity index (χ1n) is 15.4. The minimum atomic E-state index is -1.75. The highest BCUT2D eigenvalue weighted by atomic mass is 32.2. The van der Waals surface area contributed by atoms with Crippen molar-refractivity contribution in [1.29, 1.82) is 0 Å². The summed E-state index contributed by atoms with van der Waals surface area (Å²) in [6.45, 7) is 6.66. The van der Waals surface area contributed by atoms with Crippen molar-refractivity contribution in [1.82, 2.24) is 0 Å². The van der Waals surface area contributed by atoms with Crippen LogP contribution in [0.2, 0.25) is 0 Å². The van der Waals surface area contributed by atoms with E-state index in [2.05, 4.69) is 0 Å². The lowest BCUT2D eigenvalue weighted by Crippen LogP contribution is -2.66. The molecule has 0 aliphatic carbocycles. The van der Waals surface area contributed by atoms with Crippen LogP contribution in [0.25, 0.3) is 0 Å². The van der Waals surface area contributed by atoms with Crippen LogP contribution in [-0.2, 0) is 80.9 Å². The summed E-state index contributed by atoms with van der Waals surface area (Å²) in [5, 5.41) is 0. The molecule has 2 saturated heterocycles. The molecule has 0 N–H and O–H groups in total. The molecule has 2 aliphatic heterocycles. The summed E-state index contributed by atoms with van der Waals surface area (Å²) >= 11 is 1.12. The molecule has 0 saturated carbocycles. The van der Waals surface area contributed by atoms with Crippen LogP contribution in [0, 0.1) is 0 Å². The minimum Gasteiger partial charge on any atom is -0.463 e. The fourth-order valence-corrected chi connectivity index (χ4v) is 6.33. The Morgan fingerprint density at radius 2 is 0.940 bits per heavy atom. The van der Waals surface area contributed by atoms with Crippen LogP contribution in [0.3, 0.4) is 0 Å². The first-order valence-corrected chi connectivity index (χ1v) is 16.2. The third-order valence-corrected chi connectivity index (χ3v) is 8.04. The Hall–Kier alpha value is -4.26. The zero-order valence-corrected chi connectivity index (χ0v) is 29.2. The molecule has 0 unspecified atom stereocenters. The quantitative estimate of drug-likeness (QED) is 0.207. The fraction of sp³-hybridized carbons (Fsp3) is 0.594. The molecule has 2 heterocycles. The number of esters is 7. The summed E-state index contributed by atoms with van der Waals surface area (Å²) in [6, 6.07) is 8.85. The molecule has 17 nitrogen and oxygen atoms in total. The number of ether oxygens (including phenoxy) is 10. The van der Waals surface area contributed by atoms with Gasteiger partial charge in [0, 0.05) is 53.4 Å². The van der Waals surface area contributed by atoms with Gasteiger partial charge in [-0.2, -0.15) is 0 Å². The summed E-state index contributed by atoms with van der Waals surface area (Å²) in [5.41, 5.74) is -1.05. The molecule has 50 heavy (non-hydrogen) atoms. The van der Waals surface area contributed by atoms with Crippen LogP contribution in [0.1, 0.15) is 48.5 Å². The molecule has 2 fully saturated rings. The second kappa shape index (κ2) is 18.7. The summed E-state index contributed by atoms with van der Waals surface area (Å²) in [6.07, 6.45) is -13.4. The van der Waals surface area contributed by atoms with Gasteiger partial charge in [-0.3, -0.25) is 33.6 Å². The average molecular weight is 729 g/mol. The van der Waals surface area contributed by atoms with Crippen molar-refractivity contribution in [3.63, 3.8) is 0 Å². The van der Waals surface area contributed by atoms with E-state index in [1.165, 1.54) is 0 Å². The Morgan fingerprint density at radius 3 is 1.42 bits per heavy atom. The van der Waals surface area contributed by atoms with Crippen molar-refractivity contribution in [3.05, 3.63) is 30.3 Å². The van der Waals surface area contributed by atoms with Gasteiger partial charge in [0.1, 0.15) is 37.0 Å². The van der Waals surface area contributed by atoms with Gasteiger partial charge in [-0.25, -0.2) is 0 Å². The molecule has 0 amide bonds. The minimum absolute atomic E-state index is 0.471. The zero-order valence-electron chi connectivity index (χ0n) is 28.4. The lowest BCUT2D eigenvalue weighted by Gasteiger charge is -2.48. The van der Waals surface area contributed by atoms with Crippen molar-refractivity contribution in [2.24, 2.45) is 0 Å². The lowest BCUT2D eigenvalue weighted by molar-refractivity contribution is -0.341. The number of hydrogen-bond donors (Lipinski definition) is 0. The van der Waals surface area contributed by atoms with Crippen molar-refractivity contribution < 1.29 is 80.9 Å². The third-order valence-electron chi connectivity index (χ3n) is 6.88. The van der Waals surface area contributed by atoms with E-state index in [1.807, 2.05) is 0 Å². The van der Waals surface area contributed by atoms with E-state index in [1.54, 1.807) is 30.3 Å². The van der Waals surface area contributed by atoms with Crippen molar-refractivity contribution in [2.45, 2.75) is 114 Å². The van der Waals surface area contributed by atoms with E-state index < -0.39 is 116 Å².